The number of ether oxygens (including phenoxy) is 2. The van der Waals surface area contributed by atoms with Gasteiger partial charge in [0.2, 0.25) is 15.9 Å². The third-order valence-corrected chi connectivity index (χ3v) is 7.26. The number of sulfonamides is 1. The summed E-state index contributed by atoms with van der Waals surface area (Å²) in [7, 11) is -6.57. The van der Waals surface area contributed by atoms with Gasteiger partial charge in [-0.2, -0.15) is 0 Å². The van der Waals surface area contributed by atoms with E-state index in [1.54, 1.807) is 6.92 Å². The molecule has 162 valence electrons. The molecular weight excluding hydrogens is 426 g/mol. The fraction of sp³-hybridized carbons (Fsp3) is 0.500. The molecule has 13 heteroatoms. The number of benzene rings is 1. The maximum atomic E-state index is 12.9. The first-order valence-corrected chi connectivity index (χ1v) is 11.9. The third-order valence-electron chi connectivity index (χ3n) is 4.01. The van der Waals surface area contributed by atoms with E-state index in [-0.39, 0.29) is 22.9 Å². The topological polar surface area (TPSA) is 157 Å². The van der Waals surface area contributed by atoms with Crippen molar-refractivity contribution in [3.63, 3.8) is 0 Å². The number of hydrogen-bond acceptors (Lipinski definition) is 8. The van der Waals surface area contributed by atoms with Gasteiger partial charge in [0.25, 0.3) is 0 Å². The molecule has 2 rings (SSSR count). The molecule has 0 saturated carbocycles. The maximum absolute atomic E-state index is 12.9. The molecule has 11 nitrogen and oxygen atoms in total. The minimum atomic E-state index is -4.26. The van der Waals surface area contributed by atoms with Crippen LogP contribution in [0.15, 0.2) is 23.1 Å². The number of sulfone groups is 1. The zero-order valence-electron chi connectivity index (χ0n) is 16.1. The van der Waals surface area contributed by atoms with Gasteiger partial charge in [0.15, 0.2) is 9.84 Å². The van der Waals surface area contributed by atoms with Crippen LogP contribution in [0.4, 0.5) is 10.5 Å². The Morgan fingerprint density at radius 3 is 2.45 bits per heavy atom. The van der Waals surface area contributed by atoms with E-state index in [0.29, 0.717) is 0 Å². The number of amides is 2. The molecule has 0 unspecified atom stereocenters. The molecule has 29 heavy (non-hydrogen) atoms. The van der Waals surface area contributed by atoms with Gasteiger partial charge in [0.1, 0.15) is 10.6 Å². The summed E-state index contributed by atoms with van der Waals surface area (Å²) in [5, 5.41) is 4.84. The van der Waals surface area contributed by atoms with Gasteiger partial charge < -0.3 is 20.1 Å². The molecule has 1 aliphatic heterocycles. The van der Waals surface area contributed by atoms with Gasteiger partial charge in [-0.15, -0.1) is 0 Å². The highest BCUT2D eigenvalue weighted by Crippen LogP contribution is 2.28. The molecule has 0 bridgehead atoms. The van der Waals surface area contributed by atoms with Gasteiger partial charge in [0.05, 0.1) is 37.3 Å². The van der Waals surface area contributed by atoms with Crippen molar-refractivity contribution >= 4 is 37.5 Å². The molecule has 1 saturated heterocycles. The molecule has 1 aromatic carbocycles. The summed E-state index contributed by atoms with van der Waals surface area (Å²) in [6.07, 6.45) is -0.843. The minimum Gasteiger partial charge on any atom is -0.495 e. The first-order chi connectivity index (χ1) is 13.5. The largest absolute Gasteiger partial charge is 0.495 e. The van der Waals surface area contributed by atoms with Crippen LogP contribution in [-0.2, 0) is 29.4 Å². The summed E-state index contributed by atoms with van der Waals surface area (Å²) < 4.78 is 62.0. The van der Waals surface area contributed by atoms with Gasteiger partial charge in [0, 0.05) is 12.6 Å². The lowest BCUT2D eigenvalue weighted by molar-refractivity contribution is -0.114. The van der Waals surface area contributed by atoms with Gasteiger partial charge in [-0.1, -0.05) is 0 Å². The Kier molecular flexibility index (Phi) is 7.08. The van der Waals surface area contributed by atoms with Crippen LogP contribution in [0.1, 0.15) is 13.8 Å². The Labute approximate surface area is 169 Å². The normalized spacial score (nSPS) is 20.7. The fourth-order valence-electron chi connectivity index (χ4n) is 2.86. The molecule has 0 aliphatic carbocycles. The van der Waals surface area contributed by atoms with Crippen LogP contribution < -0.4 is 20.1 Å². The second-order valence-corrected chi connectivity index (χ2v) is 10.2. The number of alkyl carbamates (subject to hydrolysis) is 1. The van der Waals surface area contributed by atoms with Crippen LogP contribution in [0, 0.1) is 0 Å². The summed E-state index contributed by atoms with van der Waals surface area (Å²) in [5.74, 6) is -1.31. The van der Waals surface area contributed by atoms with E-state index >= 15 is 0 Å². The molecule has 2 atom stereocenters. The highest BCUT2D eigenvalue weighted by Gasteiger charge is 2.41. The van der Waals surface area contributed by atoms with Crippen molar-refractivity contribution in [1.29, 1.82) is 0 Å². The molecule has 0 aromatic heterocycles. The summed E-state index contributed by atoms with van der Waals surface area (Å²) in [6, 6.07) is 1.91. The second-order valence-electron chi connectivity index (χ2n) is 6.32. The fourth-order valence-corrected chi connectivity index (χ4v) is 6.30. The van der Waals surface area contributed by atoms with E-state index in [1.807, 2.05) is 0 Å². The smallest absolute Gasteiger partial charge is 0.407 e. The SMILES string of the molecule is CCOC(=O)N[C@@H]1CS(=O)(=O)C[C@@H]1NS(=O)(=O)c1cc(NC(C)=O)ccc1OC. The average Bonchev–Trinajstić information content (AvgIpc) is 2.87. The first kappa shape index (κ1) is 22.9. The Morgan fingerprint density at radius 2 is 1.86 bits per heavy atom. The van der Waals surface area contributed by atoms with Crippen molar-refractivity contribution in [3.05, 3.63) is 18.2 Å². The number of anilines is 1. The molecule has 2 amide bonds. The van der Waals surface area contributed by atoms with E-state index in [0.717, 1.165) is 0 Å². The Morgan fingerprint density at radius 1 is 1.21 bits per heavy atom. The lowest BCUT2D eigenvalue weighted by Gasteiger charge is -2.21. The number of carbonyl (C=O) groups is 2. The van der Waals surface area contributed by atoms with E-state index in [1.165, 1.54) is 32.2 Å². The van der Waals surface area contributed by atoms with Crippen LogP contribution >= 0.6 is 0 Å². The molecular formula is C16H23N3O8S2. The lowest BCUT2D eigenvalue weighted by atomic mass is 10.2. The van der Waals surface area contributed by atoms with Crippen LogP contribution in [0.3, 0.4) is 0 Å². The second kappa shape index (κ2) is 8.97. The van der Waals surface area contributed by atoms with Crippen molar-refractivity contribution in [2.75, 3.05) is 30.5 Å². The molecule has 1 fully saturated rings. The van der Waals surface area contributed by atoms with Crippen LogP contribution in [0.25, 0.3) is 0 Å². The van der Waals surface area contributed by atoms with Crippen molar-refractivity contribution in [2.24, 2.45) is 0 Å². The lowest BCUT2D eigenvalue weighted by Crippen LogP contribution is -2.51. The maximum Gasteiger partial charge on any atom is 0.407 e. The van der Waals surface area contributed by atoms with Gasteiger partial charge in [-0.05, 0) is 25.1 Å². The Bertz CT molecular complexity index is 991. The number of nitrogens with one attached hydrogen (secondary N) is 3. The minimum absolute atomic E-state index is 0.00218. The van der Waals surface area contributed by atoms with Gasteiger partial charge in [-0.3, -0.25) is 4.79 Å². The third kappa shape index (κ3) is 6.05. The molecule has 1 aliphatic rings. The molecule has 0 radical (unpaired) electrons. The summed E-state index contributed by atoms with van der Waals surface area (Å²) in [4.78, 5) is 22.6. The Balaban J connectivity index is 2.33. The van der Waals surface area contributed by atoms with E-state index < -0.39 is 55.5 Å². The molecule has 1 heterocycles. The van der Waals surface area contributed by atoms with E-state index in [9.17, 15) is 26.4 Å². The Hall–Kier alpha value is -2.38. The summed E-state index contributed by atoms with van der Waals surface area (Å²) in [6.45, 7) is 2.93. The van der Waals surface area contributed by atoms with E-state index in [4.69, 9.17) is 9.47 Å². The van der Waals surface area contributed by atoms with Crippen LogP contribution in [0.2, 0.25) is 0 Å². The highest BCUT2D eigenvalue weighted by molar-refractivity contribution is 7.92. The predicted octanol–water partition coefficient (Wildman–Crippen LogP) is -0.156. The number of carbonyl (C=O) groups excluding carboxylic acids is 2. The summed E-state index contributed by atoms with van der Waals surface area (Å²) in [5.41, 5.74) is 0.221. The van der Waals surface area contributed by atoms with Gasteiger partial charge in [-0.25, -0.2) is 26.4 Å². The van der Waals surface area contributed by atoms with Crippen molar-refractivity contribution in [3.8, 4) is 5.75 Å². The molecule has 0 spiro atoms. The number of rotatable bonds is 7. The number of methoxy groups -OCH3 is 1. The molecule has 3 N–H and O–H groups in total. The highest BCUT2D eigenvalue weighted by atomic mass is 32.2. The van der Waals surface area contributed by atoms with Crippen molar-refractivity contribution in [1.82, 2.24) is 10.0 Å². The van der Waals surface area contributed by atoms with Gasteiger partial charge >= 0.3 is 6.09 Å². The first-order valence-electron chi connectivity index (χ1n) is 8.59. The number of hydrogen-bond donors (Lipinski definition) is 3. The predicted molar refractivity (Wildman–Crippen MR) is 104 cm³/mol. The zero-order valence-corrected chi connectivity index (χ0v) is 17.7. The molecule has 1 aromatic rings. The van der Waals surface area contributed by atoms with Crippen LogP contribution in [-0.4, -0.2) is 66.1 Å². The van der Waals surface area contributed by atoms with E-state index in [2.05, 4.69) is 15.4 Å². The van der Waals surface area contributed by atoms with Crippen molar-refractivity contribution < 1.29 is 35.9 Å². The summed E-state index contributed by atoms with van der Waals surface area (Å²) >= 11 is 0. The zero-order chi connectivity index (χ0) is 21.8. The quantitative estimate of drug-likeness (QED) is 0.518. The monoisotopic (exact) mass is 449 g/mol. The van der Waals surface area contributed by atoms with Crippen LogP contribution in [0.5, 0.6) is 5.75 Å². The van der Waals surface area contributed by atoms with Crippen molar-refractivity contribution in [2.45, 2.75) is 30.8 Å². The standard InChI is InChI=1S/C16H23N3O8S2/c1-4-27-16(21)18-12-8-28(22,23)9-13(12)19-29(24,25)15-7-11(17-10(2)20)5-6-14(15)26-3/h5-7,12-13,19H,4,8-9H2,1-3H3,(H,17,20)(H,18,21)/t12-,13+/m1/s1. The average molecular weight is 450 g/mol.